The molecule has 0 aliphatic heterocycles. The number of carboxylic acid groups (broad SMARTS) is 1. The van der Waals surface area contributed by atoms with Crippen molar-refractivity contribution in [2.24, 2.45) is 11.3 Å². The zero-order valence-corrected chi connectivity index (χ0v) is 22.4. The molecule has 7 heteroatoms. The first-order valence-corrected chi connectivity index (χ1v) is 11.8. The summed E-state index contributed by atoms with van der Waals surface area (Å²) in [6.07, 6.45) is 1.60. The van der Waals surface area contributed by atoms with Crippen LogP contribution in [0.5, 0.6) is 0 Å². The number of nitrogens with one attached hydrogen (secondary N) is 2. The van der Waals surface area contributed by atoms with E-state index in [1.807, 2.05) is 78.8 Å². The molecule has 0 saturated heterocycles. The van der Waals surface area contributed by atoms with Gasteiger partial charge in [-0.25, -0.2) is 4.79 Å². The smallest absolute Gasteiger partial charge is 0.331 e. The number of carbonyl (C=O) groups excluding carboxylic acids is 2. The van der Waals surface area contributed by atoms with Crippen molar-refractivity contribution in [3.8, 4) is 0 Å². The summed E-state index contributed by atoms with van der Waals surface area (Å²) in [5, 5.41) is 15.5. The molecule has 0 fully saturated rings. The average Bonchev–Trinajstić information content (AvgIpc) is 2.74. The maximum absolute atomic E-state index is 13.7. The molecule has 1 aromatic rings. The van der Waals surface area contributed by atoms with E-state index < -0.39 is 34.9 Å². The normalized spacial score (nSPS) is 15.4. The zero-order valence-electron chi connectivity index (χ0n) is 22.4. The van der Waals surface area contributed by atoms with Gasteiger partial charge in [-0.1, -0.05) is 84.9 Å². The standard InChI is InChI=1S/C27H43N3O4/c1-17(2)20(16-18(3)25(33)34)30(10)24(32)22(26(4,5)6)29-23(31)21(28-9)27(7,8)19-14-12-11-13-15-19/h11-17,20-22,28H,1-10H3,(H,29,31)(H,33,34)/b18-16+/t20?,21?,22-/m1/s1. The molecule has 0 spiro atoms. The Morgan fingerprint density at radius 3 is 1.94 bits per heavy atom. The number of amides is 2. The zero-order chi connectivity index (χ0) is 26.4. The van der Waals surface area contributed by atoms with Gasteiger partial charge in [0.15, 0.2) is 0 Å². The van der Waals surface area contributed by atoms with Gasteiger partial charge in [0.25, 0.3) is 0 Å². The first-order valence-electron chi connectivity index (χ1n) is 11.8. The number of rotatable bonds is 10. The first kappa shape index (κ1) is 29.4. The fraction of sp³-hybridized carbons (Fsp3) is 0.593. The molecule has 3 atom stereocenters. The minimum atomic E-state index is -1.02. The molecule has 0 saturated carbocycles. The first-order chi connectivity index (χ1) is 15.5. The number of hydrogen-bond acceptors (Lipinski definition) is 4. The van der Waals surface area contributed by atoms with Gasteiger partial charge in [-0.3, -0.25) is 9.59 Å². The van der Waals surface area contributed by atoms with Crippen LogP contribution in [0.3, 0.4) is 0 Å². The molecule has 0 aliphatic rings. The van der Waals surface area contributed by atoms with E-state index in [0.29, 0.717) is 0 Å². The monoisotopic (exact) mass is 473 g/mol. The molecular weight excluding hydrogens is 430 g/mol. The molecule has 0 aromatic heterocycles. The van der Waals surface area contributed by atoms with Crippen molar-refractivity contribution in [1.82, 2.24) is 15.5 Å². The summed E-state index contributed by atoms with van der Waals surface area (Å²) < 4.78 is 0. The highest BCUT2D eigenvalue weighted by atomic mass is 16.4. The van der Waals surface area contributed by atoms with E-state index in [1.165, 1.54) is 6.92 Å². The molecule has 190 valence electrons. The van der Waals surface area contributed by atoms with Crippen LogP contribution in [0.25, 0.3) is 0 Å². The highest BCUT2D eigenvalue weighted by Crippen LogP contribution is 2.29. The Hall–Kier alpha value is -2.67. The summed E-state index contributed by atoms with van der Waals surface area (Å²) in [5.41, 5.74) is 0.0895. The molecule has 7 nitrogen and oxygen atoms in total. The molecule has 2 amide bonds. The molecule has 34 heavy (non-hydrogen) atoms. The van der Waals surface area contributed by atoms with Gasteiger partial charge in [0, 0.05) is 18.0 Å². The lowest BCUT2D eigenvalue weighted by Gasteiger charge is -2.39. The highest BCUT2D eigenvalue weighted by molar-refractivity contribution is 5.91. The van der Waals surface area contributed by atoms with Crippen LogP contribution in [0.4, 0.5) is 0 Å². The van der Waals surface area contributed by atoms with E-state index in [0.717, 1.165) is 5.56 Å². The molecule has 1 rings (SSSR count). The lowest BCUT2D eigenvalue weighted by Crippen LogP contribution is -2.61. The Morgan fingerprint density at radius 2 is 1.53 bits per heavy atom. The summed E-state index contributed by atoms with van der Waals surface area (Å²) >= 11 is 0. The van der Waals surface area contributed by atoms with E-state index in [9.17, 15) is 19.5 Å². The second-order valence-electron chi connectivity index (χ2n) is 11.0. The quantitative estimate of drug-likeness (QED) is 0.451. The van der Waals surface area contributed by atoms with Crippen molar-refractivity contribution in [3.63, 3.8) is 0 Å². The molecule has 0 bridgehead atoms. The third-order valence-corrected chi connectivity index (χ3v) is 6.43. The summed E-state index contributed by atoms with van der Waals surface area (Å²) in [5.74, 6) is -1.56. The molecule has 2 unspecified atom stereocenters. The maximum Gasteiger partial charge on any atom is 0.331 e. The second-order valence-corrected chi connectivity index (χ2v) is 11.0. The van der Waals surface area contributed by atoms with Crippen LogP contribution in [-0.2, 0) is 19.8 Å². The van der Waals surface area contributed by atoms with E-state index in [2.05, 4.69) is 10.6 Å². The number of carboxylic acids is 1. The second kappa shape index (κ2) is 11.6. The molecule has 1 aromatic carbocycles. The topological polar surface area (TPSA) is 98.7 Å². The van der Waals surface area contributed by atoms with Crippen LogP contribution in [0.2, 0.25) is 0 Å². The van der Waals surface area contributed by atoms with Gasteiger partial charge in [0.1, 0.15) is 6.04 Å². The number of carbonyl (C=O) groups is 3. The van der Waals surface area contributed by atoms with E-state index >= 15 is 0 Å². The minimum absolute atomic E-state index is 0.0124. The molecule has 0 aliphatic carbocycles. The minimum Gasteiger partial charge on any atom is -0.478 e. The Labute approximate surface area is 205 Å². The highest BCUT2D eigenvalue weighted by Gasteiger charge is 2.41. The van der Waals surface area contributed by atoms with Gasteiger partial charge in [0.2, 0.25) is 11.8 Å². The van der Waals surface area contributed by atoms with Crippen molar-refractivity contribution < 1.29 is 19.5 Å². The van der Waals surface area contributed by atoms with Crippen molar-refractivity contribution in [2.75, 3.05) is 14.1 Å². The van der Waals surface area contributed by atoms with E-state index in [1.54, 1.807) is 25.1 Å². The largest absolute Gasteiger partial charge is 0.478 e. The summed E-state index contributed by atoms with van der Waals surface area (Å²) in [7, 11) is 3.40. The van der Waals surface area contributed by atoms with E-state index in [-0.39, 0.29) is 23.3 Å². The Bertz CT molecular complexity index is 885. The fourth-order valence-electron chi connectivity index (χ4n) is 4.16. The van der Waals surface area contributed by atoms with Crippen LogP contribution < -0.4 is 10.6 Å². The summed E-state index contributed by atoms with van der Waals surface area (Å²) in [4.78, 5) is 40.1. The van der Waals surface area contributed by atoms with Crippen LogP contribution in [0, 0.1) is 11.3 Å². The van der Waals surface area contributed by atoms with Gasteiger partial charge in [-0.05, 0) is 30.9 Å². The SMILES string of the molecule is CNC(C(=O)N[C@H](C(=O)N(C)C(/C=C(\C)C(=O)O)C(C)C)C(C)(C)C)C(C)(C)c1ccccc1. The van der Waals surface area contributed by atoms with Gasteiger partial charge in [-0.15, -0.1) is 0 Å². The summed E-state index contributed by atoms with van der Waals surface area (Å²) in [6.45, 7) is 15.1. The van der Waals surface area contributed by atoms with Crippen LogP contribution in [0.1, 0.15) is 61.0 Å². The Morgan fingerprint density at radius 1 is 1.00 bits per heavy atom. The number of benzene rings is 1. The van der Waals surface area contributed by atoms with Crippen molar-refractivity contribution in [3.05, 3.63) is 47.5 Å². The number of likely N-dealkylation sites (N-methyl/N-ethyl adjacent to an activating group) is 2. The van der Waals surface area contributed by atoms with Crippen molar-refractivity contribution in [2.45, 2.75) is 78.9 Å². The lowest BCUT2D eigenvalue weighted by molar-refractivity contribution is -0.141. The summed E-state index contributed by atoms with van der Waals surface area (Å²) in [6, 6.07) is 7.99. The van der Waals surface area contributed by atoms with Crippen LogP contribution in [0.15, 0.2) is 42.0 Å². The number of nitrogens with zero attached hydrogens (tertiary/aromatic N) is 1. The fourth-order valence-corrected chi connectivity index (χ4v) is 4.16. The van der Waals surface area contributed by atoms with E-state index in [4.69, 9.17) is 0 Å². The molecule has 0 heterocycles. The molecule has 3 N–H and O–H groups in total. The van der Waals surface area contributed by atoms with Gasteiger partial charge < -0.3 is 20.6 Å². The molecule has 0 radical (unpaired) electrons. The van der Waals surface area contributed by atoms with Crippen LogP contribution in [-0.4, -0.2) is 60.0 Å². The van der Waals surface area contributed by atoms with Gasteiger partial charge >= 0.3 is 5.97 Å². The molecular formula is C27H43N3O4. The van der Waals surface area contributed by atoms with Crippen LogP contribution >= 0.6 is 0 Å². The van der Waals surface area contributed by atoms with Crippen molar-refractivity contribution in [1.29, 1.82) is 0 Å². The number of aliphatic carboxylic acids is 1. The predicted octanol–water partition coefficient (Wildman–Crippen LogP) is 3.60. The lowest BCUT2D eigenvalue weighted by atomic mass is 9.76. The maximum atomic E-state index is 13.7. The van der Waals surface area contributed by atoms with Crippen molar-refractivity contribution >= 4 is 17.8 Å². The Balaban J connectivity index is 3.29. The third-order valence-electron chi connectivity index (χ3n) is 6.43. The van der Waals surface area contributed by atoms with Gasteiger partial charge in [0.05, 0.1) is 12.1 Å². The third kappa shape index (κ3) is 7.16. The van der Waals surface area contributed by atoms with Gasteiger partial charge in [-0.2, -0.15) is 0 Å². The Kier molecular flexibility index (Phi) is 10.1. The average molecular weight is 474 g/mol. The number of hydrogen-bond donors (Lipinski definition) is 3. The predicted molar refractivity (Wildman–Crippen MR) is 136 cm³/mol.